The van der Waals surface area contributed by atoms with Gasteiger partial charge in [-0.25, -0.2) is 0 Å². The molecule has 124 valence electrons. The van der Waals surface area contributed by atoms with Crippen molar-refractivity contribution in [1.82, 2.24) is 0 Å². The summed E-state index contributed by atoms with van der Waals surface area (Å²) < 4.78 is 16.2. The Kier molecular flexibility index (Phi) is 5.48. The first-order valence-electron chi connectivity index (χ1n) is 7.85. The third-order valence-corrected chi connectivity index (χ3v) is 4.18. The van der Waals surface area contributed by atoms with E-state index in [1.165, 1.54) is 0 Å². The van der Waals surface area contributed by atoms with E-state index >= 15 is 0 Å². The van der Waals surface area contributed by atoms with Crippen LogP contribution in [0.1, 0.15) is 32.3 Å². The Bertz CT molecular complexity index is 630. The molecule has 1 aromatic carbocycles. The van der Waals surface area contributed by atoms with Crippen LogP contribution >= 0.6 is 0 Å². The quantitative estimate of drug-likeness (QED) is 0.749. The first-order valence-corrected chi connectivity index (χ1v) is 7.85. The number of carbonyl (C=O) groups excluding carboxylic acids is 1. The predicted octanol–water partition coefficient (Wildman–Crippen LogP) is 3.80. The SMILES string of the molecule is C/C=C/C1(c2ccc(OC)c(OC)c2)CCC(OCC)=CC1=O. The van der Waals surface area contributed by atoms with Gasteiger partial charge < -0.3 is 14.2 Å². The van der Waals surface area contributed by atoms with Crippen molar-refractivity contribution in [2.24, 2.45) is 0 Å². The molecule has 0 saturated carbocycles. The van der Waals surface area contributed by atoms with Gasteiger partial charge >= 0.3 is 0 Å². The molecule has 1 unspecified atom stereocenters. The smallest absolute Gasteiger partial charge is 0.173 e. The average Bonchev–Trinajstić information content (AvgIpc) is 2.57. The van der Waals surface area contributed by atoms with E-state index in [-0.39, 0.29) is 5.78 Å². The number of benzene rings is 1. The van der Waals surface area contributed by atoms with E-state index in [9.17, 15) is 4.79 Å². The predicted molar refractivity (Wildman–Crippen MR) is 90.0 cm³/mol. The zero-order valence-corrected chi connectivity index (χ0v) is 14.2. The molecule has 1 aliphatic carbocycles. The molecule has 1 atom stereocenters. The van der Waals surface area contributed by atoms with Gasteiger partial charge in [-0.15, -0.1) is 0 Å². The first kappa shape index (κ1) is 17.1. The summed E-state index contributed by atoms with van der Waals surface area (Å²) in [5.41, 5.74) is 0.236. The van der Waals surface area contributed by atoms with Gasteiger partial charge in [0, 0.05) is 12.5 Å². The number of rotatable bonds is 6. The normalized spacial score (nSPS) is 21.2. The second-order valence-corrected chi connectivity index (χ2v) is 5.45. The van der Waals surface area contributed by atoms with Crippen LogP contribution in [-0.4, -0.2) is 26.6 Å². The third kappa shape index (κ3) is 3.26. The van der Waals surface area contributed by atoms with Crippen molar-refractivity contribution in [3.63, 3.8) is 0 Å². The van der Waals surface area contributed by atoms with Crippen LogP contribution in [0.25, 0.3) is 0 Å². The number of hydrogen-bond acceptors (Lipinski definition) is 4. The summed E-state index contributed by atoms with van der Waals surface area (Å²) in [6.07, 6.45) is 6.93. The molecule has 0 bridgehead atoms. The second-order valence-electron chi connectivity index (χ2n) is 5.45. The molecular weight excluding hydrogens is 292 g/mol. The molecule has 23 heavy (non-hydrogen) atoms. The van der Waals surface area contributed by atoms with Crippen molar-refractivity contribution in [2.45, 2.75) is 32.1 Å². The molecule has 0 amide bonds. The number of ether oxygens (including phenoxy) is 3. The van der Waals surface area contributed by atoms with Crippen molar-refractivity contribution in [1.29, 1.82) is 0 Å². The first-order chi connectivity index (χ1) is 11.1. The van der Waals surface area contributed by atoms with Crippen LogP contribution < -0.4 is 9.47 Å². The lowest BCUT2D eigenvalue weighted by atomic mass is 9.70. The summed E-state index contributed by atoms with van der Waals surface area (Å²) in [7, 11) is 3.20. The number of hydrogen-bond donors (Lipinski definition) is 0. The van der Waals surface area contributed by atoms with Gasteiger partial charge in [0.15, 0.2) is 17.3 Å². The maximum atomic E-state index is 12.9. The van der Waals surface area contributed by atoms with Crippen molar-refractivity contribution in [3.05, 3.63) is 47.7 Å². The van der Waals surface area contributed by atoms with Crippen LogP contribution in [0.3, 0.4) is 0 Å². The van der Waals surface area contributed by atoms with E-state index in [1.54, 1.807) is 20.3 Å². The van der Waals surface area contributed by atoms with Gasteiger partial charge in [0.25, 0.3) is 0 Å². The summed E-state index contributed by atoms with van der Waals surface area (Å²) in [5, 5.41) is 0. The van der Waals surface area contributed by atoms with Crippen molar-refractivity contribution >= 4 is 5.78 Å². The molecule has 0 aliphatic heterocycles. The van der Waals surface area contributed by atoms with Crippen LogP contribution in [0, 0.1) is 0 Å². The monoisotopic (exact) mass is 316 g/mol. The van der Waals surface area contributed by atoms with E-state index in [2.05, 4.69) is 0 Å². The number of methoxy groups -OCH3 is 2. The minimum Gasteiger partial charge on any atom is -0.498 e. The Labute approximate surface area is 137 Å². The van der Waals surface area contributed by atoms with E-state index in [4.69, 9.17) is 14.2 Å². The molecule has 0 N–H and O–H groups in total. The molecule has 0 saturated heterocycles. The molecule has 0 aromatic heterocycles. The summed E-state index contributed by atoms with van der Waals surface area (Å²) >= 11 is 0. The summed E-state index contributed by atoms with van der Waals surface area (Å²) in [5.74, 6) is 2.08. The Morgan fingerprint density at radius 2 is 1.96 bits per heavy atom. The number of ketones is 1. The zero-order valence-electron chi connectivity index (χ0n) is 14.2. The molecule has 0 fully saturated rings. The lowest BCUT2D eigenvalue weighted by molar-refractivity contribution is -0.119. The largest absolute Gasteiger partial charge is 0.498 e. The van der Waals surface area contributed by atoms with Crippen molar-refractivity contribution in [2.75, 3.05) is 20.8 Å². The van der Waals surface area contributed by atoms with Crippen LogP contribution in [0.4, 0.5) is 0 Å². The topological polar surface area (TPSA) is 44.8 Å². The minimum atomic E-state index is -0.672. The highest BCUT2D eigenvalue weighted by molar-refractivity contribution is 6.02. The van der Waals surface area contributed by atoms with Gasteiger partial charge in [0.2, 0.25) is 0 Å². The van der Waals surface area contributed by atoms with E-state index in [0.29, 0.717) is 24.5 Å². The molecular formula is C19H24O4. The Morgan fingerprint density at radius 1 is 1.22 bits per heavy atom. The maximum absolute atomic E-state index is 12.9. The maximum Gasteiger partial charge on any atom is 0.173 e. The molecule has 0 radical (unpaired) electrons. The van der Waals surface area contributed by atoms with Crippen molar-refractivity contribution in [3.8, 4) is 11.5 Å². The van der Waals surface area contributed by atoms with Crippen LogP contribution in [0.5, 0.6) is 11.5 Å². The fraction of sp³-hybridized carbons (Fsp3) is 0.421. The van der Waals surface area contributed by atoms with E-state index in [1.807, 2.05) is 44.2 Å². The molecule has 1 aliphatic rings. The van der Waals surface area contributed by atoms with Crippen LogP contribution in [0.15, 0.2) is 42.2 Å². The molecule has 1 aromatic rings. The molecule has 0 heterocycles. The highest BCUT2D eigenvalue weighted by atomic mass is 16.5. The Morgan fingerprint density at radius 3 is 2.52 bits per heavy atom. The summed E-state index contributed by atoms with van der Waals surface area (Å²) in [6, 6.07) is 5.66. The Hall–Kier alpha value is -2.23. The number of allylic oxidation sites excluding steroid dienone is 4. The zero-order chi connectivity index (χ0) is 16.9. The van der Waals surface area contributed by atoms with Gasteiger partial charge in [-0.1, -0.05) is 18.2 Å². The molecule has 2 rings (SSSR count). The standard InChI is InChI=1S/C19H24O4/c1-5-10-19(11-9-15(23-6-2)13-18(19)20)14-7-8-16(21-3)17(12-14)22-4/h5,7-8,10,12-13H,6,9,11H2,1-4H3/b10-5+. The Balaban J connectivity index is 2.49. The lowest BCUT2D eigenvalue weighted by Crippen LogP contribution is -2.36. The van der Waals surface area contributed by atoms with Gasteiger partial charge in [-0.2, -0.15) is 0 Å². The average molecular weight is 316 g/mol. The van der Waals surface area contributed by atoms with Gasteiger partial charge in [-0.05, 0) is 38.0 Å². The molecule has 4 heteroatoms. The number of carbonyl (C=O) groups is 1. The summed E-state index contributed by atoms with van der Waals surface area (Å²) in [4.78, 5) is 12.9. The van der Waals surface area contributed by atoms with E-state index < -0.39 is 5.41 Å². The lowest BCUT2D eigenvalue weighted by Gasteiger charge is -2.33. The minimum absolute atomic E-state index is 0.0394. The fourth-order valence-corrected chi connectivity index (χ4v) is 3.04. The van der Waals surface area contributed by atoms with Gasteiger partial charge in [0.1, 0.15) is 0 Å². The second kappa shape index (κ2) is 7.36. The summed E-state index contributed by atoms with van der Waals surface area (Å²) in [6.45, 7) is 4.43. The molecule has 4 nitrogen and oxygen atoms in total. The van der Waals surface area contributed by atoms with E-state index in [0.717, 1.165) is 17.7 Å². The van der Waals surface area contributed by atoms with Gasteiger partial charge in [-0.3, -0.25) is 4.79 Å². The van der Waals surface area contributed by atoms with Gasteiger partial charge in [0.05, 0.1) is 32.0 Å². The van der Waals surface area contributed by atoms with Crippen molar-refractivity contribution < 1.29 is 19.0 Å². The fourth-order valence-electron chi connectivity index (χ4n) is 3.04. The third-order valence-electron chi connectivity index (χ3n) is 4.18. The highest BCUT2D eigenvalue weighted by Gasteiger charge is 2.39. The van der Waals surface area contributed by atoms with Crippen LogP contribution in [0.2, 0.25) is 0 Å². The van der Waals surface area contributed by atoms with Crippen LogP contribution in [-0.2, 0) is 14.9 Å². The highest BCUT2D eigenvalue weighted by Crippen LogP contribution is 2.41. The molecule has 0 spiro atoms.